The first-order valence-electron chi connectivity index (χ1n) is 8.85. The van der Waals surface area contributed by atoms with Crippen LogP contribution in [0.5, 0.6) is 11.5 Å². The largest absolute Gasteiger partial charge is 0.496 e. The van der Waals surface area contributed by atoms with Crippen molar-refractivity contribution in [2.75, 3.05) is 33.2 Å². The second-order valence-electron chi connectivity index (χ2n) is 6.64. The van der Waals surface area contributed by atoms with Crippen LogP contribution in [0.15, 0.2) is 60.7 Å². The number of hydrogen-bond acceptors (Lipinski definition) is 4. The number of fused-ring (bicyclic) bond motifs is 2. The van der Waals surface area contributed by atoms with Crippen molar-refractivity contribution in [3.05, 3.63) is 60.7 Å². The van der Waals surface area contributed by atoms with Crippen LogP contribution in [-0.4, -0.2) is 33.3 Å². The average Bonchev–Trinajstić information content (AvgIpc) is 2.71. The fourth-order valence-corrected chi connectivity index (χ4v) is 3.51. The van der Waals surface area contributed by atoms with E-state index in [-0.39, 0.29) is 0 Å². The zero-order chi connectivity index (χ0) is 19.0. The highest BCUT2D eigenvalue weighted by molar-refractivity contribution is 6.11. The van der Waals surface area contributed by atoms with Crippen molar-refractivity contribution in [2.24, 2.45) is 0 Å². The Morgan fingerprint density at radius 1 is 0.704 bits per heavy atom. The fourth-order valence-electron chi connectivity index (χ4n) is 3.51. The lowest BCUT2D eigenvalue weighted by molar-refractivity contribution is 0.397. The second kappa shape index (κ2) is 6.80. The molecule has 0 unspecified atom stereocenters. The van der Waals surface area contributed by atoms with Gasteiger partial charge in [-0.2, -0.15) is 0 Å². The van der Waals surface area contributed by atoms with Crippen LogP contribution in [0.25, 0.3) is 32.9 Å². The number of rotatable bonds is 4. The van der Waals surface area contributed by atoms with Crippen LogP contribution < -0.4 is 14.4 Å². The molecule has 136 valence electrons. The van der Waals surface area contributed by atoms with E-state index in [1.807, 2.05) is 67.5 Å². The lowest BCUT2D eigenvalue weighted by Gasteiger charge is -2.21. The predicted molar refractivity (Wildman–Crippen MR) is 112 cm³/mol. The van der Waals surface area contributed by atoms with Crippen molar-refractivity contribution in [1.82, 2.24) is 4.98 Å². The lowest BCUT2D eigenvalue weighted by atomic mass is 9.94. The molecule has 27 heavy (non-hydrogen) atoms. The molecule has 0 spiro atoms. The van der Waals surface area contributed by atoms with Crippen molar-refractivity contribution in [2.45, 2.75) is 0 Å². The normalized spacial score (nSPS) is 11.0. The van der Waals surface area contributed by atoms with E-state index < -0.39 is 0 Å². The lowest BCUT2D eigenvalue weighted by Crippen LogP contribution is -2.09. The summed E-state index contributed by atoms with van der Waals surface area (Å²) in [5, 5.41) is 2.15. The topological polar surface area (TPSA) is 34.6 Å². The number of para-hydroxylation sites is 2. The Labute approximate surface area is 159 Å². The molecule has 0 saturated carbocycles. The molecule has 0 aliphatic carbocycles. The number of methoxy groups -OCH3 is 2. The molecule has 4 rings (SSSR count). The fraction of sp³-hybridized carbons (Fsp3) is 0.174. The van der Waals surface area contributed by atoms with Crippen molar-refractivity contribution >= 4 is 27.5 Å². The van der Waals surface area contributed by atoms with Crippen LogP contribution in [0.2, 0.25) is 0 Å². The van der Waals surface area contributed by atoms with E-state index in [4.69, 9.17) is 14.5 Å². The molecule has 4 aromatic rings. The van der Waals surface area contributed by atoms with Crippen molar-refractivity contribution in [3.63, 3.8) is 0 Å². The van der Waals surface area contributed by atoms with Gasteiger partial charge in [0, 0.05) is 48.3 Å². The summed E-state index contributed by atoms with van der Waals surface area (Å²) in [4.78, 5) is 6.87. The Kier molecular flexibility index (Phi) is 4.32. The number of hydrogen-bond donors (Lipinski definition) is 0. The van der Waals surface area contributed by atoms with Crippen molar-refractivity contribution < 1.29 is 9.47 Å². The molecule has 3 aromatic carbocycles. The maximum atomic E-state index is 5.80. The van der Waals surface area contributed by atoms with Gasteiger partial charge in [-0.05, 0) is 12.1 Å². The van der Waals surface area contributed by atoms with Crippen LogP contribution in [0.1, 0.15) is 0 Å². The van der Waals surface area contributed by atoms with Crippen LogP contribution in [-0.2, 0) is 0 Å². The third-order valence-corrected chi connectivity index (χ3v) is 4.84. The molecule has 1 heterocycles. The van der Waals surface area contributed by atoms with Crippen molar-refractivity contribution in [1.29, 1.82) is 0 Å². The minimum atomic E-state index is 0.777. The summed E-state index contributed by atoms with van der Waals surface area (Å²) in [6.07, 6.45) is 0. The smallest absolute Gasteiger partial charge is 0.132 e. The maximum absolute atomic E-state index is 5.80. The third kappa shape index (κ3) is 2.83. The van der Waals surface area contributed by atoms with E-state index in [1.165, 1.54) is 0 Å². The Bertz CT molecular complexity index is 1060. The predicted octanol–water partition coefficient (Wildman–Crippen LogP) is 5.14. The first-order chi connectivity index (χ1) is 13.1. The summed E-state index contributed by atoms with van der Waals surface area (Å²) in [6.45, 7) is 0. The van der Waals surface area contributed by atoms with Gasteiger partial charge in [0.2, 0.25) is 0 Å². The molecule has 0 aliphatic heterocycles. The zero-order valence-electron chi connectivity index (χ0n) is 16.0. The minimum Gasteiger partial charge on any atom is -0.496 e. The Balaban J connectivity index is 2.19. The van der Waals surface area contributed by atoms with Crippen LogP contribution in [0, 0.1) is 0 Å². The highest BCUT2D eigenvalue weighted by atomic mass is 16.5. The van der Waals surface area contributed by atoms with E-state index in [9.17, 15) is 0 Å². The van der Waals surface area contributed by atoms with Gasteiger partial charge in [-0.15, -0.1) is 0 Å². The number of anilines is 1. The number of nitrogens with zero attached hydrogens (tertiary/aromatic N) is 2. The van der Waals surface area contributed by atoms with E-state index in [2.05, 4.69) is 12.1 Å². The summed E-state index contributed by atoms with van der Waals surface area (Å²) in [7, 11) is 7.41. The van der Waals surface area contributed by atoms with E-state index in [1.54, 1.807) is 14.2 Å². The summed E-state index contributed by atoms with van der Waals surface area (Å²) in [6, 6.07) is 20.5. The highest BCUT2D eigenvalue weighted by Gasteiger charge is 2.20. The highest BCUT2D eigenvalue weighted by Crippen LogP contribution is 2.46. The molecule has 0 atom stereocenters. The van der Waals surface area contributed by atoms with Gasteiger partial charge in [0.25, 0.3) is 0 Å². The first kappa shape index (κ1) is 17.2. The second-order valence-corrected chi connectivity index (χ2v) is 6.64. The molecular weight excluding hydrogens is 336 g/mol. The monoisotopic (exact) mass is 358 g/mol. The molecule has 4 heteroatoms. The standard InChI is InChI=1S/C23H22N2O2/c1-25(2)15-13-20(26-3)23(21(14-15)27-4)22-16-9-5-7-11-18(16)24-19-12-8-6-10-17(19)22/h5-14H,1-4H3. The van der Waals surface area contributed by atoms with Crippen LogP contribution >= 0.6 is 0 Å². The number of pyridine rings is 1. The molecule has 0 amide bonds. The number of aromatic nitrogens is 1. The van der Waals surface area contributed by atoms with Gasteiger partial charge in [-0.25, -0.2) is 4.98 Å². The summed E-state index contributed by atoms with van der Waals surface area (Å²) in [5.74, 6) is 1.55. The SMILES string of the molecule is COc1cc(N(C)C)cc(OC)c1-c1c2ccccc2nc2ccccc12. The minimum absolute atomic E-state index is 0.777. The quantitative estimate of drug-likeness (QED) is 0.473. The summed E-state index contributed by atoms with van der Waals surface area (Å²) < 4.78 is 11.6. The molecular formula is C23H22N2O2. The molecule has 4 nitrogen and oxygen atoms in total. The Morgan fingerprint density at radius 3 is 1.63 bits per heavy atom. The van der Waals surface area contributed by atoms with E-state index >= 15 is 0 Å². The third-order valence-electron chi connectivity index (χ3n) is 4.84. The van der Waals surface area contributed by atoms with Gasteiger partial charge in [0.05, 0.1) is 30.8 Å². The van der Waals surface area contributed by atoms with Gasteiger partial charge in [-0.1, -0.05) is 36.4 Å². The molecule has 0 bridgehead atoms. The van der Waals surface area contributed by atoms with Gasteiger partial charge in [0.15, 0.2) is 0 Å². The Hall–Kier alpha value is -3.27. The zero-order valence-corrected chi connectivity index (χ0v) is 16.0. The average molecular weight is 358 g/mol. The number of ether oxygens (including phenoxy) is 2. The van der Waals surface area contributed by atoms with Gasteiger partial charge >= 0.3 is 0 Å². The van der Waals surface area contributed by atoms with Crippen LogP contribution in [0.4, 0.5) is 5.69 Å². The summed E-state index contributed by atoms with van der Waals surface area (Å²) in [5.41, 5.74) is 4.95. The molecule has 0 saturated heterocycles. The van der Waals surface area contributed by atoms with Crippen molar-refractivity contribution in [3.8, 4) is 22.6 Å². The molecule has 0 radical (unpaired) electrons. The number of benzene rings is 3. The maximum Gasteiger partial charge on any atom is 0.132 e. The molecule has 1 aromatic heterocycles. The molecule has 0 N–H and O–H groups in total. The van der Waals surface area contributed by atoms with Crippen LogP contribution in [0.3, 0.4) is 0 Å². The van der Waals surface area contributed by atoms with Gasteiger partial charge in [0.1, 0.15) is 11.5 Å². The van der Waals surface area contributed by atoms with Gasteiger partial charge in [-0.3, -0.25) is 0 Å². The van der Waals surface area contributed by atoms with Gasteiger partial charge < -0.3 is 14.4 Å². The van der Waals surface area contributed by atoms with E-state index in [0.29, 0.717) is 0 Å². The molecule has 0 aliphatic rings. The molecule has 0 fully saturated rings. The summed E-state index contributed by atoms with van der Waals surface area (Å²) >= 11 is 0. The first-order valence-corrected chi connectivity index (χ1v) is 8.85. The van der Waals surface area contributed by atoms with E-state index in [0.717, 1.165) is 50.1 Å². The Morgan fingerprint density at radius 2 is 1.19 bits per heavy atom.